The fraction of sp³-hybridized carbons (Fsp3) is 0.692. The predicted octanol–water partition coefficient (Wildman–Crippen LogP) is 1.08. The first kappa shape index (κ1) is 13.2. The maximum Gasteiger partial charge on any atom is 0.144 e. The van der Waals surface area contributed by atoms with Crippen LogP contribution in [-0.2, 0) is 6.54 Å². The van der Waals surface area contributed by atoms with Crippen molar-refractivity contribution in [3.05, 3.63) is 18.1 Å². The Morgan fingerprint density at radius 3 is 2.94 bits per heavy atom. The van der Waals surface area contributed by atoms with Gasteiger partial charge in [0, 0.05) is 12.7 Å². The van der Waals surface area contributed by atoms with Gasteiger partial charge in [0.2, 0.25) is 0 Å². The molecule has 5 heteroatoms. The van der Waals surface area contributed by atoms with E-state index in [4.69, 9.17) is 5.73 Å². The maximum atomic E-state index is 5.52. The van der Waals surface area contributed by atoms with Gasteiger partial charge in [-0.25, -0.2) is 9.97 Å². The first-order chi connectivity index (χ1) is 8.78. The number of nitrogens with two attached hydrogens (primary N) is 1. The first-order valence-corrected chi connectivity index (χ1v) is 6.72. The fourth-order valence-corrected chi connectivity index (χ4v) is 2.35. The van der Waals surface area contributed by atoms with Crippen molar-refractivity contribution in [1.29, 1.82) is 0 Å². The second-order valence-corrected chi connectivity index (χ2v) is 5.02. The van der Waals surface area contributed by atoms with Crippen molar-refractivity contribution >= 4 is 5.82 Å². The van der Waals surface area contributed by atoms with Crippen molar-refractivity contribution in [3.8, 4) is 0 Å². The van der Waals surface area contributed by atoms with Crippen LogP contribution in [0.15, 0.2) is 12.3 Å². The van der Waals surface area contributed by atoms with Crippen LogP contribution >= 0.6 is 0 Å². The SMILES string of the molecule is CN1CCC(CCNc2ccnc(CN)n2)CC1. The van der Waals surface area contributed by atoms with Gasteiger partial charge in [-0.1, -0.05) is 0 Å². The van der Waals surface area contributed by atoms with Gasteiger partial charge < -0.3 is 16.0 Å². The summed E-state index contributed by atoms with van der Waals surface area (Å²) in [6, 6.07) is 1.90. The molecular weight excluding hydrogens is 226 g/mol. The zero-order valence-electron chi connectivity index (χ0n) is 11.1. The van der Waals surface area contributed by atoms with Gasteiger partial charge in [-0.3, -0.25) is 0 Å². The summed E-state index contributed by atoms with van der Waals surface area (Å²) in [6.07, 6.45) is 5.61. The zero-order chi connectivity index (χ0) is 12.8. The molecule has 0 amide bonds. The highest BCUT2D eigenvalue weighted by Gasteiger charge is 2.15. The van der Waals surface area contributed by atoms with Crippen molar-refractivity contribution in [2.45, 2.75) is 25.8 Å². The summed E-state index contributed by atoms with van der Waals surface area (Å²) in [7, 11) is 2.20. The van der Waals surface area contributed by atoms with E-state index in [2.05, 4.69) is 27.2 Å². The Morgan fingerprint density at radius 2 is 2.22 bits per heavy atom. The summed E-state index contributed by atoms with van der Waals surface area (Å²) >= 11 is 0. The number of hydrogen-bond donors (Lipinski definition) is 2. The average molecular weight is 249 g/mol. The van der Waals surface area contributed by atoms with Crippen molar-refractivity contribution < 1.29 is 0 Å². The first-order valence-electron chi connectivity index (χ1n) is 6.72. The summed E-state index contributed by atoms with van der Waals surface area (Å²) in [5.74, 6) is 2.43. The molecule has 0 unspecified atom stereocenters. The second-order valence-electron chi connectivity index (χ2n) is 5.02. The van der Waals surface area contributed by atoms with Crippen molar-refractivity contribution in [2.75, 3.05) is 32.0 Å². The van der Waals surface area contributed by atoms with Gasteiger partial charge >= 0.3 is 0 Å². The van der Waals surface area contributed by atoms with E-state index in [0.717, 1.165) is 18.3 Å². The van der Waals surface area contributed by atoms with Gasteiger partial charge in [0.1, 0.15) is 11.6 Å². The summed E-state index contributed by atoms with van der Waals surface area (Å²) in [4.78, 5) is 10.8. The quantitative estimate of drug-likeness (QED) is 0.817. The van der Waals surface area contributed by atoms with E-state index >= 15 is 0 Å². The molecule has 0 aliphatic carbocycles. The normalized spacial score (nSPS) is 17.9. The van der Waals surface area contributed by atoms with E-state index < -0.39 is 0 Å². The van der Waals surface area contributed by atoms with Crippen LogP contribution in [0.1, 0.15) is 25.1 Å². The van der Waals surface area contributed by atoms with Crippen LogP contribution in [0.3, 0.4) is 0 Å². The van der Waals surface area contributed by atoms with Crippen LogP contribution in [0, 0.1) is 5.92 Å². The van der Waals surface area contributed by atoms with Crippen LogP contribution < -0.4 is 11.1 Å². The molecule has 0 spiro atoms. The van der Waals surface area contributed by atoms with E-state index in [9.17, 15) is 0 Å². The average Bonchev–Trinajstić information content (AvgIpc) is 2.41. The van der Waals surface area contributed by atoms with E-state index in [1.807, 2.05) is 6.07 Å². The molecule has 0 saturated carbocycles. The van der Waals surface area contributed by atoms with Gasteiger partial charge in [0.15, 0.2) is 0 Å². The number of hydrogen-bond acceptors (Lipinski definition) is 5. The van der Waals surface area contributed by atoms with Crippen molar-refractivity contribution in [1.82, 2.24) is 14.9 Å². The number of nitrogens with one attached hydrogen (secondary N) is 1. The largest absolute Gasteiger partial charge is 0.370 e. The molecule has 2 heterocycles. The summed E-state index contributed by atoms with van der Waals surface area (Å²) < 4.78 is 0. The lowest BCUT2D eigenvalue weighted by molar-refractivity contribution is 0.215. The fourth-order valence-electron chi connectivity index (χ4n) is 2.35. The predicted molar refractivity (Wildman–Crippen MR) is 73.3 cm³/mol. The zero-order valence-corrected chi connectivity index (χ0v) is 11.1. The molecule has 1 aliphatic heterocycles. The maximum absolute atomic E-state index is 5.52. The topological polar surface area (TPSA) is 67.1 Å². The van der Waals surface area contributed by atoms with E-state index in [1.165, 1.54) is 32.4 Å². The van der Waals surface area contributed by atoms with Gasteiger partial charge in [-0.05, 0) is 51.4 Å². The Labute approximate surface area is 109 Å². The van der Waals surface area contributed by atoms with Crippen LogP contribution in [0.2, 0.25) is 0 Å². The number of likely N-dealkylation sites (tertiary alicyclic amines) is 1. The van der Waals surface area contributed by atoms with Crippen LogP contribution in [-0.4, -0.2) is 41.5 Å². The molecule has 1 saturated heterocycles. The third kappa shape index (κ3) is 3.92. The van der Waals surface area contributed by atoms with Crippen LogP contribution in [0.4, 0.5) is 5.82 Å². The van der Waals surface area contributed by atoms with E-state index in [0.29, 0.717) is 12.4 Å². The van der Waals surface area contributed by atoms with Gasteiger partial charge in [0.05, 0.1) is 6.54 Å². The number of piperidine rings is 1. The van der Waals surface area contributed by atoms with Crippen LogP contribution in [0.25, 0.3) is 0 Å². The lowest BCUT2D eigenvalue weighted by atomic mass is 9.94. The van der Waals surface area contributed by atoms with Crippen molar-refractivity contribution in [3.63, 3.8) is 0 Å². The molecule has 0 aromatic carbocycles. The molecule has 100 valence electrons. The highest BCUT2D eigenvalue weighted by Crippen LogP contribution is 2.19. The number of anilines is 1. The standard InChI is InChI=1S/C13H23N5/c1-18-8-4-11(5-9-18)2-6-15-12-3-7-16-13(10-14)17-12/h3,7,11H,2,4-6,8-10,14H2,1H3,(H,15,16,17). The molecule has 0 bridgehead atoms. The molecule has 0 radical (unpaired) electrons. The molecule has 1 fully saturated rings. The highest BCUT2D eigenvalue weighted by atomic mass is 15.1. The van der Waals surface area contributed by atoms with Gasteiger partial charge in [-0.15, -0.1) is 0 Å². The molecular formula is C13H23N5. The molecule has 3 N–H and O–H groups in total. The minimum atomic E-state index is 0.393. The molecule has 18 heavy (non-hydrogen) atoms. The number of aromatic nitrogens is 2. The summed E-state index contributed by atoms with van der Waals surface area (Å²) in [5, 5.41) is 3.36. The molecule has 5 nitrogen and oxygen atoms in total. The lowest BCUT2D eigenvalue weighted by Crippen LogP contribution is -2.30. The molecule has 2 rings (SSSR count). The van der Waals surface area contributed by atoms with Gasteiger partial charge in [-0.2, -0.15) is 0 Å². The Balaban J connectivity index is 1.71. The second kappa shape index (κ2) is 6.66. The Kier molecular flexibility index (Phi) is 4.90. The Hall–Kier alpha value is -1.20. The Bertz CT molecular complexity index is 360. The molecule has 1 aromatic rings. The van der Waals surface area contributed by atoms with E-state index in [1.54, 1.807) is 6.20 Å². The van der Waals surface area contributed by atoms with Crippen LogP contribution in [0.5, 0.6) is 0 Å². The summed E-state index contributed by atoms with van der Waals surface area (Å²) in [5.41, 5.74) is 5.52. The number of rotatable bonds is 5. The Morgan fingerprint density at radius 1 is 1.44 bits per heavy atom. The van der Waals surface area contributed by atoms with Gasteiger partial charge in [0.25, 0.3) is 0 Å². The summed E-state index contributed by atoms with van der Waals surface area (Å²) in [6.45, 7) is 3.84. The van der Waals surface area contributed by atoms with Crippen molar-refractivity contribution in [2.24, 2.45) is 11.7 Å². The lowest BCUT2D eigenvalue weighted by Gasteiger charge is -2.28. The molecule has 0 atom stereocenters. The molecule has 1 aromatic heterocycles. The molecule has 1 aliphatic rings. The smallest absolute Gasteiger partial charge is 0.144 e. The third-order valence-electron chi connectivity index (χ3n) is 3.58. The monoisotopic (exact) mass is 249 g/mol. The minimum absolute atomic E-state index is 0.393. The number of nitrogens with zero attached hydrogens (tertiary/aromatic N) is 3. The van der Waals surface area contributed by atoms with E-state index in [-0.39, 0.29) is 0 Å². The third-order valence-corrected chi connectivity index (χ3v) is 3.58. The highest BCUT2D eigenvalue weighted by molar-refractivity contribution is 5.32. The minimum Gasteiger partial charge on any atom is -0.370 e.